The van der Waals surface area contributed by atoms with Crippen molar-refractivity contribution in [2.75, 3.05) is 0 Å². The molecule has 0 bridgehead atoms. The van der Waals surface area contributed by atoms with Crippen molar-refractivity contribution >= 4 is 0 Å². The van der Waals surface area contributed by atoms with Crippen LogP contribution in [0.15, 0.2) is 0 Å². The largest absolute Gasteiger partial charge is 1.00 e. The van der Waals surface area contributed by atoms with E-state index in [4.69, 9.17) is 10.3 Å². The van der Waals surface area contributed by atoms with E-state index in [0.29, 0.717) is 0 Å². The number of hydrogen-bond acceptors (Lipinski definition) is 3. The van der Waals surface area contributed by atoms with Crippen molar-refractivity contribution in [3.8, 4) is 0 Å². The summed E-state index contributed by atoms with van der Waals surface area (Å²) in [4.78, 5) is 0. The summed E-state index contributed by atoms with van der Waals surface area (Å²) in [6.45, 7) is 0. The van der Waals surface area contributed by atoms with Crippen LogP contribution in [0.25, 0.3) is 0 Å². The standard InChI is InChI=1S/IO3.HI/c2-1(3)4;/h;1H/q-1;/p-1. The fourth-order valence-electron chi connectivity index (χ4n) is 0. The molecule has 0 aromatic heterocycles. The lowest BCUT2D eigenvalue weighted by atomic mass is 16.0. The second-order valence-electron chi connectivity index (χ2n) is 0.189. The average molecular weight is 302 g/mol. The zero-order valence-electron chi connectivity index (χ0n) is 1.98. The van der Waals surface area contributed by atoms with Gasteiger partial charge in [-0.1, -0.05) is 0 Å². The Morgan fingerprint density at radius 2 is 1.00 bits per heavy atom. The lowest BCUT2D eigenvalue weighted by Crippen LogP contribution is -4.05. The third kappa shape index (κ3) is 33.2. The van der Waals surface area contributed by atoms with Gasteiger partial charge in [-0.05, 0) is 0 Å². The third-order valence-electron chi connectivity index (χ3n) is 0. The highest BCUT2D eigenvalue weighted by molar-refractivity contribution is 1.73. The molecule has 5 heteroatoms. The zero-order valence-corrected chi connectivity index (χ0v) is 6.30. The van der Waals surface area contributed by atoms with Crippen molar-refractivity contribution in [2.45, 2.75) is 0 Å². The molecule has 0 fully saturated rings. The molecule has 0 aliphatic carbocycles. The third-order valence-corrected chi connectivity index (χ3v) is 0. The van der Waals surface area contributed by atoms with Gasteiger partial charge in [0.05, 0.1) is 0 Å². The van der Waals surface area contributed by atoms with Crippen molar-refractivity contribution in [3.63, 3.8) is 0 Å². The molecule has 0 rings (SSSR count). The summed E-state index contributed by atoms with van der Waals surface area (Å²) in [5.41, 5.74) is 0. The first-order chi connectivity index (χ1) is 1.73. The summed E-state index contributed by atoms with van der Waals surface area (Å²) >= 11 is -4.01. The second kappa shape index (κ2) is 5.34. The Kier molecular flexibility index (Phi) is 10.3. The minimum atomic E-state index is -4.01. The normalized spacial score (nSPS) is 7.20. The van der Waals surface area contributed by atoms with Crippen LogP contribution in [0.4, 0.5) is 0 Å². The molecule has 0 aromatic carbocycles. The van der Waals surface area contributed by atoms with E-state index < -0.39 is 21.1 Å². The van der Waals surface area contributed by atoms with E-state index in [0.717, 1.165) is 0 Å². The highest BCUT2D eigenvalue weighted by atomic mass is 127. The Hall–Kier alpha value is 1.34. The molecule has 0 radical (unpaired) electrons. The van der Waals surface area contributed by atoms with Gasteiger partial charge < -0.3 is 34.3 Å². The van der Waals surface area contributed by atoms with E-state index in [1.54, 1.807) is 0 Å². The lowest BCUT2D eigenvalue weighted by Gasteiger charge is -1.84. The Morgan fingerprint density at radius 1 is 1.00 bits per heavy atom. The molecule has 0 saturated carbocycles. The van der Waals surface area contributed by atoms with Crippen molar-refractivity contribution < 1.29 is 55.3 Å². The molecule has 3 nitrogen and oxygen atoms in total. The molecule has 0 saturated heterocycles. The van der Waals surface area contributed by atoms with Gasteiger partial charge in [-0.25, -0.2) is 0 Å². The summed E-state index contributed by atoms with van der Waals surface area (Å²) in [5.74, 6) is 0. The van der Waals surface area contributed by atoms with Gasteiger partial charge in [0, 0.05) is 0 Å². The van der Waals surface area contributed by atoms with Crippen LogP contribution in [-0.2, 0) is 0 Å². The maximum Gasteiger partial charge on any atom is 0.282 e. The Bertz CT molecular complexity index is 9.61. The lowest BCUT2D eigenvalue weighted by molar-refractivity contribution is -1.73. The van der Waals surface area contributed by atoms with E-state index >= 15 is 0 Å². The molecule has 0 atom stereocenters. The van der Waals surface area contributed by atoms with Gasteiger partial charge in [0.25, 0.3) is 21.1 Å². The Morgan fingerprint density at radius 3 is 1.00 bits per heavy atom. The van der Waals surface area contributed by atoms with Crippen LogP contribution < -0.4 is 55.3 Å². The van der Waals surface area contributed by atoms with Crippen LogP contribution in [0.3, 0.4) is 0 Å². The first kappa shape index (κ1) is 9.60. The highest BCUT2D eigenvalue weighted by Gasteiger charge is 1.70. The molecule has 0 aliphatic rings. The van der Waals surface area contributed by atoms with E-state index in [2.05, 4.69) is 0 Å². The Balaban J connectivity index is 0. The van der Waals surface area contributed by atoms with Gasteiger partial charge in [-0.3, -0.25) is 0 Å². The molecule has 0 unspecified atom stereocenters. The predicted molar refractivity (Wildman–Crippen MR) is 0 cm³/mol. The van der Waals surface area contributed by atoms with Crippen LogP contribution >= 0.6 is 0 Å². The molecule has 5 heavy (non-hydrogen) atoms. The SMILES string of the molecule is [I-].[O-][I+2]([O-])[O-]. The van der Waals surface area contributed by atoms with Gasteiger partial charge >= 0.3 is 0 Å². The maximum absolute atomic E-state index is 8.57. The van der Waals surface area contributed by atoms with Crippen LogP contribution in [0.2, 0.25) is 0 Å². The quantitative estimate of drug-likeness (QED) is 0.417. The summed E-state index contributed by atoms with van der Waals surface area (Å²) in [6.07, 6.45) is 0. The van der Waals surface area contributed by atoms with Crippen LogP contribution in [0, 0.1) is 0 Å². The second-order valence-corrected chi connectivity index (χ2v) is 1.27. The molecule has 0 spiro atoms. The van der Waals surface area contributed by atoms with Gasteiger partial charge in [-0.2, -0.15) is 0 Å². The van der Waals surface area contributed by atoms with Gasteiger partial charge in [0.1, 0.15) is 0 Å². The fraction of sp³-hybridized carbons (Fsp3) is 0. The summed E-state index contributed by atoms with van der Waals surface area (Å²) in [7, 11) is 0. The van der Waals surface area contributed by atoms with Crippen molar-refractivity contribution in [3.05, 3.63) is 0 Å². The first-order valence-electron chi connectivity index (χ1n) is 0.463. The van der Waals surface area contributed by atoms with Crippen LogP contribution in [0.5, 0.6) is 0 Å². The van der Waals surface area contributed by atoms with Crippen LogP contribution in [0.1, 0.15) is 0 Å². The predicted octanol–water partition coefficient (Wildman–Crippen LogP) is -9.56. The first-order valence-corrected chi connectivity index (χ1v) is 3.11. The topological polar surface area (TPSA) is 69.2 Å². The van der Waals surface area contributed by atoms with Crippen molar-refractivity contribution in [1.29, 1.82) is 0 Å². The van der Waals surface area contributed by atoms with Gasteiger partial charge in [-0.15, -0.1) is 0 Å². The molecule has 34 valence electrons. The zero-order chi connectivity index (χ0) is 3.58. The van der Waals surface area contributed by atoms with Gasteiger partial charge in [0.15, 0.2) is 0 Å². The fourth-order valence-corrected chi connectivity index (χ4v) is 0. The average Bonchev–Trinajstić information content (AvgIpc) is 0.811. The van der Waals surface area contributed by atoms with Crippen LogP contribution in [-0.4, -0.2) is 0 Å². The summed E-state index contributed by atoms with van der Waals surface area (Å²) in [5, 5.41) is 0. The molecule has 0 amide bonds. The van der Waals surface area contributed by atoms with Crippen molar-refractivity contribution in [2.24, 2.45) is 0 Å². The highest BCUT2D eigenvalue weighted by Crippen LogP contribution is -0.137. The molecule has 0 aliphatic heterocycles. The van der Waals surface area contributed by atoms with Gasteiger partial charge in [0.2, 0.25) is 0 Å². The van der Waals surface area contributed by atoms with E-state index in [-0.39, 0.29) is 24.0 Å². The molecular weight excluding hydrogens is 302 g/mol. The van der Waals surface area contributed by atoms with Crippen molar-refractivity contribution in [1.82, 2.24) is 0 Å². The number of rotatable bonds is 0. The number of hydrogen-bond donors (Lipinski definition) is 0. The van der Waals surface area contributed by atoms with E-state index in [9.17, 15) is 0 Å². The smallest absolute Gasteiger partial charge is 0.282 e. The summed E-state index contributed by atoms with van der Waals surface area (Å²) < 4.78 is 25.7. The van der Waals surface area contributed by atoms with E-state index in [1.165, 1.54) is 0 Å². The van der Waals surface area contributed by atoms with E-state index in [1.807, 2.05) is 0 Å². The minimum absolute atomic E-state index is 0. The summed E-state index contributed by atoms with van der Waals surface area (Å²) in [6, 6.07) is 0. The minimum Gasteiger partial charge on any atom is -1.00 e. The Labute approximate surface area is 55.1 Å². The monoisotopic (exact) mass is 302 g/mol. The molecule has 0 heterocycles. The maximum atomic E-state index is 8.57. The number of halogens is 2. The molecule has 0 aromatic rings. The molecular formula is I2O3-2. The molecule has 0 N–H and O–H groups in total.